The summed E-state index contributed by atoms with van der Waals surface area (Å²) in [5.74, 6) is -2.89. The molecule has 1 saturated heterocycles. The summed E-state index contributed by atoms with van der Waals surface area (Å²) in [5.41, 5.74) is -3.04. The third-order valence-electron chi connectivity index (χ3n) is 7.74. The number of benzene rings is 2. The van der Waals surface area contributed by atoms with Gasteiger partial charge >= 0.3 is 17.9 Å². The molecule has 0 spiro atoms. The van der Waals surface area contributed by atoms with Gasteiger partial charge in [-0.3, -0.25) is 18.7 Å². The van der Waals surface area contributed by atoms with E-state index in [1.54, 1.807) is 13.8 Å². The molecule has 2 aromatic carbocycles. The smallest absolute Gasteiger partial charge is 0.347 e. The topological polar surface area (TPSA) is 105 Å². The van der Waals surface area contributed by atoms with Crippen molar-refractivity contribution in [2.24, 2.45) is 5.92 Å². The van der Waals surface area contributed by atoms with E-state index in [4.69, 9.17) is 0 Å². The lowest BCUT2D eigenvalue weighted by molar-refractivity contribution is -0.137. The summed E-state index contributed by atoms with van der Waals surface area (Å²) in [6.07, 6.45) is -2.10. The van der Waals surface area contributed by atoms with Crippen LogP contribution >= 0.6 is 0 Å². The molecule has 1 aliphatic carbocycles. The van der Waals surface area contributed by atoms with Crippen LogP contribution < -0.4 is 21.9 Å². The van der Waals surface area contributed by atoms with Gasteiger partial charge in [-0.05, 0) is 69.7 Å². The van der Waals surface area contributed by atoms with Gasteiger partial charge in [-0.2, -0.15) is 13.2 Å². The molecular formula is C29H30F5N5O4. The third-order valence-corrected chi connectivity index (χ3v) is 7.74. The SMILES string of the molecule is CC(C)n1c(=O)n(CC2CC2)c(=O)c2cc(NC(=O)N3CCCC(NC(=O)c4ccc(C(F)(F)F)cc4F)C3)c(F)cc21. The maximum absolute atomic E-state index is 15.2. The number of fused-ring (bicyclic) bond motifs is 1. The van der Waals surface area contributed by atoms with Crippen LogP contribution in [0.4, 0.5) is 32.4 Å². The average molecular weight is 608 g/mol. The maximum Gasteiger partial charge on any atom is 0.416 e. The molecule has 2 fully saturated rings. The van der Waals surface area contributed by atoms with Crippen LogP contribution in [0.5, 0.6) is 0 Å². The van der Waals surface area contributed by atoms with Crippen LogP contribution in [0, 0.1) is 17.6 Å². The molecule has 9 nitrogen and oxygen atoms in total. The molecule has 3 aromatic rings. The van der Waals surface area contributed by atoms with E-state index in [0.717, 1.165) is 29.5 Å². The van der Waals surface area contributed by atoms with Crippen molar-refractivity contribution in [2.45, 2.75) is 64.3 Å². The second kappa shape index (κ2) is 11.5. The number of urea groups is 1. The summed E-state index contributed by atoms with van der Waals surface area (Å²) in [4.78, 5) is 53.4. The fourth-order valence-electron chi connectivity index (χ4n) is 5.33. The van der Waals surface area contributed by atoms with Crippen LogP contribution in [-0.4, -0.2) is 45.1 Å². The Hall–Kier alpha value is -4.23. The van der Waals surface area contributed by atoms with Gasteiger partial charge in [-0.25, -0.2) is 18.4 Å². The highest BCUT2D eigenvalue weighted by Crippen LogP contribution is 2.31. The summed E-state index contributed by atoms with van der Waals surface area (Å²) in [7, 11) is 0. The van der Waals surface area contributed by atoms with E-state index < -0.39 is 58.2 Å². The van der Waals surface area contributed by atoms with E-state index in [2.05, 4.69) is 10.6 Å². The summed E-state index contributed by atoms with van der Waals surface area (Å²) in [6.45, 7) is 3.98. The van der Waals surface area contributed by atoms with Gasteiger partial charge in [-0.15, -0.1) is 0 Å². The van der Waals surface area contributed by atoms with Crippen molar-refractivity contribution in [1.29, 1.82) is 0 Å². The van der Waals surface area contributed by atoms with Crippen LogP contribution in [0.25, 0.3) is 10.9 Å². The highest BCUT2D eigenvalue weighted by Gasteiger charge is 2.32. The Morgan fingerprint density at radius 2 is 1.74 bits per heavy atom. The largest absolute Gasteiger partial charge is 0.416 e. The number of hydrogen-bond donors (Lipinski definition) is 2. The molecule has 2 N–H and O–H groups in total. The molecule has 43 heavy (non-hydrogen) atoms. The molecule has 0 bridgehead atoms. The first kappa shape index (κ1) is 30.2. The zero-order valence-electron chi connectivity index (χ0n) is 23.4. The number of halogens is 5. The molecule has 2 aliphatic rings. The van der Waals surface area contributed by atoms with Crippen molar-refractivity contribution in [3.8, 4) is 0 Å². The molecule has 2 heterocycles. The number of carbonyl (C=O) groups is 2. The van der Waals surface area contributed by atoms with Gasteiger partial charge in [0, 0.05) is 37.8 Å². The van der Waals surface area contributed by atoms with Gasteiger partial charge in [-0.1, -0.05) is 0 Å². The molecule has 5 rings (SSSR count). The number of nitrogens with one attached hydrogen (secondary N) is 2. The number of rotatable bonds is 6. The normalized spacial score (nSPS) is 17.4. The average Bonchev–Trinajstić information content (AvgIpc) is 3.75. The molecule has 3 amide bonds. The molecule has 230 valence electrons. The molecule has 1 saturated carbocycles. The van der Waals surface area contributed by atoms with Gasteiger partial charge in [0.25, 0.3) is 11.5 Å². The van der Waals surface area contributed by atoms with Gasteiger partial charge in [0.05, 0.1) is 27.7 Å². The first-order valence-corrected chi connectivity index (χ1v) is 14.0. The fraction of sp³-hybridized carbons (Fsp3) is 0.448. The van der Waals surface area contributed by atoms with E-state index in [9.17, 15) is 36.7 Å². The first-order chi connectivity index (χ1) is 20.2. The highest BCUT2D eigenvalue weighted by molar-refractivity contribution is 5.95. The highest BCUT2D eigenvalue weighted by atomic mass is 19.4. The number of nitrogens with zero attached hydrogens (tertiary/aromatic N) is 3. The lowest BCUT2D eigenvalue weighted by atomic mass is 10.0. The fourth-order valence-corrected chi connectivity index (χ4v) is 5.33. The third kappa shape index (κ3) is 6.27. The van der Waals surface area contributed by atoms with E-state index in [1.807, 2.05) is 0 Å². The number of carbonyl (C=O) groups excluding carboxylic acids is 2. The number of alkyl halides is 3. The van der Waals surface area contributed by atoms with Gasteiger partial charge < -0.3 is 15.5 Å². The van der Waals surface area contributed by atoms with Crippen LogP contribution in [0.15, 0.2) is 39.9 Å². The number of piperidine rings is 1. The maximum atomic E-state index is 15.2. The zero-order chi connectivity index (χ0) is 31.2. The Balaban J connectivity index is 1.33. The van der Waals surface area contributed by atoms with Crippen molar-refractivity contribution in [3.63, 3.8) is 0 Å². The molecule has 14 heteroatoms. The summed E-state index contributed by atoms with van der Waals surface area (Å²) < 4.78 is 70.5. The van der Waals surface area contributed by atoms with Crippen LogP contribution in [-0.2, 0) is 12.7 Å². The molecule has 1 atom stereocenters. The predicted octanol–water partition coefficient (Wildman–Crippen LogP) is 4.88. The van der Waals surface area contributed by atoms with Crippen LogP contribution in [0.1, 0.15) is 61.5 Å². The molecule has 0 radical (unpaired) electrons. The molecular weight excluding hydrogens is 577 g/mol. The van der Waals surface area contributed by atoms with Gasteiger partial charge in [0.2, 0.25) is 0 Å². The summed E-state index contributed by atoms with van der Waals surface area (Å²) in [6, 6.07) is 2.14. The van der Waals surface area contributed by atoms with Crippen LogP contribution in [0.3, 0.4) is 0 Å². The van der Waals surface area contributed by atoms with Crippen molar-refractivity contribution < 1.29 is 31.5 Å². The van der Waals surface area contributed by atoms with E-state index >= 15 is 4.39 Å². The van der Waals surface area contributed by atoms with Crippen molar-refractivity contribution in [2.75, 3.05) is 18.4 Å². The van der Waals surface area contributed by atoms with Gasteiger partial charge in [0.1, 0.15) is 11.6 Å². The summed E-state index contributed by atoms with van der Waals surface area (Å²) >= 11 is 0. The predicted molar refractivity (Wildman–Crippen MR) is 148 cm³/mol. The van der Waals surface area contributed by atoms with Crippen molar-refractivity contribution >= 4 is 28.5 Å². The Labute approximate surface area is 242 Å². The Morgan fingerprint density at radius 3 is 2.37 bits per heavy atom. The molecule has 1 aromatic heterocycles. The van der Waals surface area contributed by atoms with Gasteiger partial charge in [0.15, 0.2) is 0 Å². The standard InChI is InChI=1S/C29H30F5N5O4/c1-15(2)39-24-12-22(31)23(11-20(24)26(41)38(28(39)43)13-16-5-6-16)36-27(42)37-9-3-4-18(14-37)35-25(40)19-8-7-17(10-21(19)30)29(32,33)34/h7-8,10-12,15-16,18H,3-6,9,13-14H2,1-2H3,(H,35,40)(H,36,42). The van der Waals surface area contributed by atoms with E-state index in [0.29, 0.717) is 18.9 Å². The number of anilines is 1. The van der Waals surface area contributed by atoms with Crippen LogP contribution in [0.2, 0.25) is 0 Å². The number of likely N-dealkylation sites (tertiary alicyclic amines) is 1. The lowest BCUT2D eigenvalue weighted by Crippen LogP contribution is -2.50. The number of amides is 3. The number of aromatic nitrogens is 2. The lowest BCUT2D eigenvalue weighted by Gasteiger charge is -2.33. The Morgan fingerprint density at radius 1 is 1.02 bits per heavy atom. The summed E-state index contributed by atoms with van der Waals surface area (Å²) in [5, 5.41) is 5.09. The van der Waals surface area contributed by atoms with E-state index in [-0.39, 0.29) is 54.3 Å². The minimum absolute atomic E-state index is 0.0316. The Bertz CT molecular complexity index is 1710. The number of hydrogen-bond acceptors (Lipinski definition) is 4. The quantitative estimate of drug-likeness (QED) is 0.390. The first-order valence-electron chi connectivity index (χ1n) is 14.0. The minimum atomic E-state index is -4.76. The second-order valence-electron chi connectivity index (χ2n) is 11.3. The van der Waals surface area contributed by atoms with E-state index in [1.165, 1.54) is 15.5 Å². The molecule has 1 aliphatic heterocycles. The minimum Gasteiger partial charge on any atom is -0.347 e. The van der Waals surface area contributed by atoms with Crippen molar-refractivity contribution in [3.05, 3.63) is 73.9 Å². The zero-order valence-corrected chi connectivity index (χ0v) is 23.4. The Kier molecular flexibility index (Phi) is 8.05. The monoisotopic (exact) mass is 607 g/mol. The van der Waals surface area contributed by atoms with Crippen molar-refractivity contribution in [1.82, 2.24) is 19.4 Å². The molecule has 1 unspecified atom stereocenters. The second-order valence-corrected chi connectivity index (χ2v) is 11.3.